The van der Waals surface area contributed by atoms with Gasteiger partial charge in [-0.05, 0) is 63.8 Å². The molecule has 0 unspecified atom stereocenters. The average molecular weight is 351 g/mol. The second-order valence-corrected chi connectivity index (χ2v) is 7.57. The molecule has 4 heteroatoms. The van der Waals surface area contributed by atoms with Gasteiger partial charge in [0, 0.05) is 24.5 Å². The molecule has 3 rings (SSSR count). The third-order valence-electron chi connectivity index (χ3n) is 5.23. The number of carbonyl (C=O) groups is 1. The Balaban J connectivity index is 2.09. The predicted molar refractivity (Wildman–Crippen MR) is 105 cm³/mol. The van der Waals surface area contributed by atoms with Crippen molar-refractivity contribution in [1.82, 2.24) is 0 Å². The highest BCUT2D eigenvalue weighted by Gasteiger charge is 2.36. The molecule has 1 aliphatic rings. The van der Waals surface area contributed by atoms with E-state index in [0.29, 0.717) is 13.1 Å². The zero-order valence-electron chi connectivity index (χ0n) is 16.5. The number of hydrogen-bond donors (Lipinski definition) is 0. The Kier molecular flexibility index (Phi) is 4.70. The maximum absolute atomic E-state index is 12.2. The molecule has 2 aromatic carbocycles. The Hall–Kier alpha value is -2.49. The number of carbonyl (C=O) groups excluding carboxylic acids is 1. The molecule has 1 heterocycles. The third kappa shape index (κ3) is 3.05. The summed E-state index contributed by atoms with van der Waals surface area (Å²) in [5.41, 5.74) is 8.82. The Morgan fingerprint density at radius 3 is 1.35 bits per heavy atom. The molecule has 0 radical (unpaired) electrons. The van der Waals surface area contributed by atoms with Gasteiger partial charge in [0.25, 0.3) is 0 Å². The van der Waals surface area contributed by atoms with E-state index in [4.69, 9.17) is 0 Å². The van der Waals surface area contributed by atoms with Crippen LogP contribution >= 0.6 is 0 Å². The van der Waals surface area contributed by atoms with Crippen LogP contribution in [0, 0.1) is 41.5 Å². The fourth-order valence-corrected chi connectivity index (χ4v) is 4.60. The molecule has 0 aliphatic carbocycles. The van der Waals surface area contributed by atoms with Crippen molar-refractivity contribution in [2.75, 3.05) is 22.9 Å². The standard InChI is InChI=1S/C22H28N2O2/c1-13-9-15(3)19(16(4)10-13)23-7-8-24(21(23)22(25)26)20-17(5)11-14(2)12-18(20)6/h9-12,21H,7-8H2,1-6H3,(H,25,26)/p-1. The van der Waals surface area contributed by atoms with E-state index in [9.17, 15) is 9.90 Å². The molecule has 1 fully saturated rings. The summed E-state index contributed by atoms with van der Waals surface area (Å²) in [6, 6.07) is 8.44. The van der Waals surface area contributed by atoms with Crippen molar-refractivity contribution in [3.05, 3.63) is 57.6 Å². The summed E-state index contributed by atoms with van der Waals surface area (Å²) in [6.45, 7) is 13.6. The van der Waals surface area contributed by atoms with E-state index in [1.807, 2.05) is 37.5 Å². The number of carboxylic acid groups (broad SMARTS) is 1. The van der Waals surface area contributed by atoms with Gasteiger partial charge in [0.2, 0.25) is 0 Å². The van der Waals surface area contributed by atoms with Gasteiger partial charge in [-0.3, -0.25) is 0 Å². The largest absolute Gasteiger partial charge is 0.546 e. The zero-order valence-corrected chi connectivity index (χ0v) is 16.5. The predicted octanol–water partition coefficient (Wildman–Crippen LogP) is 2.94. The highest BCUT2D eigenvalue weighted by Crippen LogP contribution is 2.36. The van der Waals surface area contributed by atoms with Crippen LogP contribution in [-0.4, -0.2) is 25.2 Å². The van der Waals surface area contributed by atoms with E-state index in [0.717, 1.165) is 33.6 Å². The number of aliphatic carboxylic acids is 1. The van der Waals surface area contributed by atoms with Crippen molar-refractivity contribution < 1.29 is 9.90 Å². The molecule has 0 amide bonds. The Labute approximate surface area is 156 Å². The number of aryl methyl sites for hydroxylation is 6. The van der Waals surface area contributed by atoms with E-state index in [1.165, 1.54) is 11.1 Å². The number of carboxylic acids is 1. The Morgan fingerprint density at radius 2 is 1.08 bits per heavy atom. The number of anilines is 2. The molecule has 1 aliphatic heterocycles. The first kappa shape index (κ1) is 18.3. The molecule has 26 heavy (non-hydrogen) atoms. The number of hydrogen-bond acceptors (Lipinski definition) is 4. The van der Waals surface area contributed by atoms with Crippen molar-refractivity contribution in [2.24, 2.45) is 0 Å². The summed E-state index contributed by atoms with van der Waals surface area (Å²) in [4.78, 5) is 16.1. The summed E-state index contributed by atoms with van der Waals surface area (Å²) >= 11 is 0. The van der Waals surface area contributed by atoms with E-state index in [2.05, 4.69) is 38.1 Å². The van der Waals surface area contributed by atoms with Crippen molar-refractivity contribution in [3.63, 3.8) is 0 Å². The molecule has 0 saturated carbocycles. The van der Waals surface area contributed by atoms with E-state index in [1.54, 1.807) is 0 Å². The highest BCUT2D eigenvalue weighted by atomic mass is 16.4. The van der Waals surface area contributed by atoms with Gasteiger partial charge in [0.15, 0.2) is 0 Å². The first-order chi connectivity index (χ1) is 12.2. The average Bonchev–Trinajstić information content (AvgIpc) is 2.89. The molecular formula is C22H27N2O2-. The van der Waals surface area contributed by atoms with Crippen LogP contribution in [0.5, 0.6) is 0 Å². The van der Waals surface area contributed by atoms with Gasteiger partial charge in [0.1, 0.15) is 6.17 Å². The lowest BCUT2D eigenvalue weighted by molar-refractivity contribution is -0.307. The maximum atomic E-state index is 12.2. The lowest BCUT2D eigenvalue weighted by atomic mass is 10.0. The number of rotatable bonds is 3. The third-order valence-corrected chi connectivity index (χ3v) is 5.23. The summed E-state index contributed by atoms with van der Waals surface area (Å²) in [5.74, 6) is -1.05. The number of benzene rings is 2. The lowest BCUT2D eigenvalue weighted by Gasteiger charge is -2.36. The lowest BCUT2D eigenvalue weighted by Crippen LogP contribution is -2.52. The van der Waals surface area contributed by atoms with Crippen molar-refractivity contribution in [1.29, 1.82) is 0 Å². The van der Waals surface area contributed by atoms with Crippen LogP contribution in [0.1, 0.15) is 33.4 Å². The van der Waals surface area contributed by atoms with Gasteiger partial charge in [-0.2, -0.15) is 0 Å². The van der Waals surface area contributed by atoms with Gasteiger partial charge in [-0.15, -0.1) is 0 Å². The van der Waals surface area contributed by atoms with Gasteiger partial charge >= 0.3 is 0 Å². The molecule has 0 N–H and O–H groups in total. The molecule has 138 valence electrons. The highest BCUT2D eigenvalue weighted by molar-refractivity contribution is 5.84. The van der Waals surface area contributed by atoms with Crippen LogP contribution in [0.4, 0.5) is 11.4 Å². The first-order valence-corrected chi connectivity index (χ1v) is 9.10. The van der Waals surface area contributed by atoms with Gasteiger partial charge in [-0.25, -0.2) is 0 Å². The van der Waals surface area contributed by atoms with Crippen LogP contribution < -0.4 is 14.9 Å². The summed E-state index contributed by atoms with van der Waals surface area (Å²) < 4.78 is 0. The monoisotopic (exact) mass is 351 g/mol. The minimum absolute atomic E-state index is 0.663. The van der Waals surface area contributed by atoms with Crippen molar-refractivity contribution in [3.8, 4) is 0 Å². The normalized spacial score (nSPS) is 15.0. The second-order valence-electron chi connectivity index (χ2n) is 7.57. The van der Waals surface area contributed by atoms with Crippen LogP contribution in [0.25, 0.3) is 0 Å². The maximum Gasteiger partial charge on any atom is 0.143 e. The van der Waals surface area contributed by atoms with E-state index in [-0.39, 0.29) is 0 Å². The van der Waals surface area contributed by atoms with Crippen molar-refractivity contribution >= 4 is 17.3 Å². The first-order valence-electron chi connectivity index (χ1n) is 9.10. The van der Waals surface area contributed by atoms with Gasteiger partial charge in [-0.1, -0.05) is 35.4 Å². The van der Waals surface area contributed by atoms with Gasteiger partial charge in [0.05, 0.1) is 5.97 Å². The summed E-state index contributed by atoms with van der Waals surface area (Å²) in [5, 5.41) is 12.2. The SMILES string of the molecule is Cc1cc(C)c(N2CCN(c3c(C)cc(C)cc3C)C2C(=O)[O-])c(C)c1. The number of nitrogens with zero attached hydrogens (tertiary/aromatic N) is 2. The fourth-order valence-electron chi connectivity index (χ4n) is 4.60. The zero-order chi connectivity index (χ0) is 19.2. The van der Waals surface area contributed by atoms with Crippen LogP contribution in [-0.2, 0) is 4.79 Å². The molecule has 2 aromatic rings. The molecule has 0 spiro atoms. The molecule has 1 saturated heterocycles. The second kappa shape index (κ2) is 6.67. The smallest absolute Gasteiger partial charge is 0.143 e. The molecule has 0 atom stereocenters. The summed E-state index contributed by atoms with van der Waals surface area (Å²) in [7, 11) is 0. The van der Waals surface area contributed by atoms with Crippen LogP contribution in [0.2, 0.25) is 0 Å². The van der Waals surface area contributed by atoms with Crippen molar-refractivity contribution in [2.45, 2.75) is 47.7 Å². The molecule has 0 bridgehead atoms. The molecular weight excluding hydrogens is 324 g/mol. The molecule has 4 nitrogen and oxygen atoms in total. The summed E-state index contributed by atoms with van der Waals surface area (Å²) in [6.07, 6.45) is -0.796. The fraction of sp³-hybridized carbons (Fsp3) is 0.409. The molecule has 0 aromatic heterocycles. The minimum Gasteiger partial charge on any atom is -0.546 e. The minimum atomic E-state index is -1.05. The Morgan fingerprint density at radius 1 is 0.769 bits per heavy atom. The van der Waals surface area contributed by atoms with Crippen LogP contribution in [0.15, 0.2) is 24.3 Å². The Bertz CT molecular complexity index is 761. The van der Waals surface area contributed by atoms with E-state index >= 15 is 0 Å². The quantitative estimate of drug-likeness (QED) is 0.853. The topological polar surface area (TPSA) is 46.6 Å². The van der Waals surface area contributed by atoms with Crippen LogP contribution in [0.3, 0.4) is 0 Å². The van der Waals surface area contributed by atoms with Gasteiger partial charge < -0.3 is 19.7 Å². The van der Waals surface area contributed by atoms with E-state index < -0.39 is 12.1 Å².